The van der Waals surface area contributed by atoms with E-state index in [1.165, 1.54) is 0 Å². The summed E-state index contributed by atoms with van der Waals surface area (Å²) in [4.78, 5) is 0. The van der Waals surface area contributed by atoms with Gasteiger partial charge in [0.25, 0.3) is 0 Å². The Bertz CT molecular complexity index is 496. The number of para-hydroxylation sites is 1. The molecule has 0 aliphatic carbocycles. The minimum absolute atomic E-state index is 0.582. The normalized spacial score (nSPS) is 11.9. The van der Waals surface area contributed by atoms with Crippen LogP contribution in [0, 0.1) is 5.92 Å². The molecule has 20 heavy (non-hydrogen) atoms. The van der Waals surface area contributed by atoms with E-state index in [1.54, 1.807) is 0 Å². The van der Waals surface area contributed by atoms with E-state index < -0.39 is 0 Å². The molecule has 0 aromatic heterocycles. The molecule has 106 valence electrons. The summed E-state index contributed by atoms with van der Waals surface area (Å²) in [5.74, 6) is 4.00. The van der Waals surface area contributed by atoms with E-state index in [0.717, 1.165) is 36.0 Å². The van der Waals surface area contributed by atoms with Crippen molar-refractivity contribution in [3.05, 3.63) is 54.6 Å². The van der Waals surface area contributed by atoms with Gasteiger partial charge >= 0.3 is 0 Å². The van der Waals surface area contributed by atoms with Gasteiger partial charge in [0, 0.05) is 0 Å². The van der Waals surface area contributed by atoms with Crippen molar-refractivity contribution in [3.8, 4) is 17.2 Å². The molecule has 2 aromatic rings. The quantitative estimate of drug-likeness (QED) is 0.737. The predicted octanol–water partition coefficient (Wildman–Crippen LogP) is 4.81. The largest absolute Gasteiger partial charge is 0.494 e. The Kier molecular flexibility index (Phi) is 5.81. The van der Waals surface area contributed by atoms with Crippen LogP contribution in [-0.2, 0) is 0 Å². The third-order valence-electron chi connectivity index (χ3n) is 2.99. The Hall–Kier alpha value is -1.61. The van der Waals surface area contributed by atoms with Gasteiger partial charge in [-0.3, -0.25) is 0 Å². The van der Waals surface area contributed by atoms with Gasteiger partial charge in [-0.25, -0.2) is 0 Å². The van der Waals surface area contributed by atoms with Crippen LogP contribution in [0.15, 0.2) is 54.6 Å². The molecule has 3 heteroatoms. The second kappa shape index (κ2) is 7.85. The SMILES string of the molecule is C[C@H](CS)CCOc1ccc(Oc2ccccc2)cc1. The highest BCUT2D eigenvalue weighted by Crippen LogP contribution is 2.23. The standard InChI is InChI=1S/C17H20O2S/c1-14(13-20)11-12-18-15-7-9-17(10-8-15)19-16-5-3-2-4-6-16/h2-10,14,20H,11-13H2,1H3/t14-/m0/s1. The van der Waals surface area contributed by atoms with Gasteiger partial charge < -0.3 is 9.47 Å². The Morgan fingerprint density at radius 1 is 0.900 bits per heavy atom. The number of rotatable bonds is 7. The Morgan fingerprint density at radius 3 is 2.15 bits per heavy atom. The first-order valence-electron chi connectivity index (χ1n) is 6.84. The first-order chi connectivity index (χ1) is 9.78. The van der Waals surface area contributed by atoms with Gasteiger partial charge in [-0.05, 0) is 54.5 Å². The number of thiol groups is 1. The number of hydrogen-bond donors (Lipinski definition) is 1. The van der Waals surface area contributed by atoms with Crippen molar-refractivity contribution in [1.29, 1.82) is 0 Å². The molecule has 2 aromatic carbocycles. The summed E-state index contributed by atoms with van der Waals surface area (Å²) in [7, 11) is 0. The van der Waals surface area contributed by atoms with E-state index in [2.05, 4.69) is 19.6 Å². The molecule has 1 atom stereocenters. The summed E-state index contributed by atoms with van der Waals surface area (Å²) in [6.07, 6.45) is 1.02. The van der Waals surface area contributed by atoms with Crippen LogP contribution < -0.4 is 9.47 Å². The van der Waals surface area contributed by atoms with Crippen LogP contribution in [0.4, 0.5) is 0 Å². The smallest absolute Gasteiger partial charge is 0.127 e. The van der Waals surface area contributed by atoms with E-state index in [9.17, 15) is 0 Å². The lowest BCUT2D eigenvalue weighted by Crippen LogP contribution is -2.05. The van der Waals surface area contributed by atoms with Crippen molar-refractivity contribution < 1.29 is 9.47 Å². The summed E-state index contributed by atoms with van der Waals surface area (Å²) >= 11 is 4.26. The zero-order chi connectivity index (χ0) is 14.2. The minimum Gasteiger partial charge on any atom is -0.494 e. The zero-order valence-corrected chi connectivity index (χ0v) is 12.6. The monoisotopic (exact) mass is 288 g/mol. The van der Waals surface area contributed by atoms with E-state index in [4.69, 9.17) is 9.47 Å². The molecule has 0 spiro atoms. The Labute approximate surface area is 126 Å². The molecular weight excluding hydrogens is 268 g/mol. The molecule has 0 heterocycles. The van der Waals surface area contributed by atoms with Crippen molar-refractivity contribution in [3.63, 3.8) is 0 Å². The molecule has 0 aliphatic rings. The molecule has 0 saturated carbocycles. The molecule has 0 radical (unpaired) electrons. The fourth-order valence-electron chi connectivity index (χ4n) is 1.70. The molecule has 0 fully saturated rings. The minimum atomic E-state index is 0.582. The molecular formula is C17H20O2S. The maximum Gasteiger partial charge on any atom is 0.127 e. The van der Waals surface area contributed by atoms with Crippen LogP contribution in [0.5, 0.6) is 17.2 Å². The molecule has 0 amide bonds. The number of hydrogen-bond acceptors (Lipinski definition) is 3. The van der Waals surface area contributed by atoms with Crippen LogP contribution in [0.3, 0.4) is 0 Å². The number of benzene rings is 2. The summed E-state index contributed by atoms with van der Waals surface area (Å²) in [6, 6.07) is 17.5. The van der Waals surface area contributed by atoms with E-state index in [-0.39, 0.29) is 0 Å². The van der Waals surface area contributed by atoms with E-state index in [0.29, 0.717) is 5.92 Å². The fraction of sp³-hybridized carbons (Fsp3) is 0.294. The lowest BCUT2D eigenvalue weighted by Gasteiger charge is -2.10. The molecule has 0 aliphatic heterocycles. The summed E-state index contributed by atoms with van der Waals surface area (Å²) in [5, 5.41) is 0. The van der Waals surface area contributed by atoms with Crippen LogP contribution in [0.25, 0.3) is 0 Å². The van der Waals surface area contributed by atoms with Crippen molar-refractivity contribution in [2.75, 3.05) is 12.4 Å². The lowest BCUT2D eigenvalue weighted by atomic mass is 10.1. The molecule has 0 saturated heterocycles. The van der Waals surface area contributed by atoms with Gasteiger partial charge in [0.15, 0.2) is 0 Å². The predicted molar refractivity (Wildman–Crippen MR) is 86.1 cm³/mol. The zero-order valence-electron chi connectivity index (χ0n) is 11.7. The first-order valence-corrected chi connectivity index (χ1v) is 7.48. The average Bonchev–Trinajstić information content (AvgIpc) is 2.50. The lowest BCUT2D eigenvalue weighted by molar-refractivity contribution is 0.290. The van der Waals surface area contributed by atoms with Crippen LogP contribution in [0.2, 0.25) is 0 Å². The third kappa shape index (κ3) is 4.82. The third-order valence-corrected chi connectivity index (χ3v) is 3.62. The van der Waals surface area contributed by atoms with Crippen LogP contribution >= 0.6 is 12.6 Å². The summed E-state index contributed by atoms with van der Waals surface area (Å²) < 4.78 is 11.4. The van der Waals surface area contributed by atoms with Gasteiger partial charge in [0.1, 0.15) is 17.2 Å². The summed E-state index contributed by atoms with van der Waals surface area (Å²) in [6.45, 7) is 2.90. The molecule has 0 N–H and O–H groups in total. The highest BCUT2D eigenvalue weighted by molar-refractivity contribution is 7.80. The first kappa shape index (κ1) is 14.8. The van der Waals surface area contributed by atoms with Crippen LogP contribution in [-0.4, -0.2) is 12.4 Å². The van der Waals surface area contributed by atoms with E-state index in [1.807, 2.05) is 54.6 Å². The second-order valence-electron chi connectivity index (χ2n) is 4.81. The maximum atomic E-state index is 5.73. The van der Waals surface area contributed by atoms with Gasteiger partial charge in [0.2, 0.25) is 0 Å². The van der Waals surface area contributed by atoms with Crippen molar-refractivity contribution in [2.45, 2.75) is 13.3 Å². The van der Waals surface area contributed by atoms with Crippen molar-refractivity contribution in [1.82, 2.24) is 0 Å². The van der Waals surface area contributed by atoms with Gasteiger partial charge in [0.05, 0.1) is 6.61 Å². The second-order valence-corrected chi connectivity index (χ2v) is 5.18. The number of ether oxygens (including phenoxy) is 2. The molecule has 0 bridgehead atoms. The van der Waals surface area contributed by atoms with Crippen LogP contribution in [0.1, 0.15) is 13.3 Å². The van der Waals surface area contributed by atoms with Gasteiger partial charge in [-0.2, -0.15) is 12.6 Å². The highest BCUT2D eigenvalue weighted by atomic mass is 32.1. The molecule has 2 nitrogen and oxygen atoms in total. The summed E-state index contributed by atoms with van der Waals surface area (Å²) in [5.41, 5.74) is 0. The highest BCUT2D eigenvalue weighted by Gasteiger charge is 2.01. The van der Waals surface area contributed by atoms with Crippen molar-refractivity contribution in [2.24, 2.45) is 5.92 Å². The fourth-order valence-corrected chi connectivity index (χ4v) is 1.88. The average molecular weight is 288 g/mol. The van der Waals surface area contributed by atoms with Crippen molar-refractivity contribution >= 4 is 12.6 Å². The Morgan fingerprint density at radius 2 is 1.50 bits per heavy atom. The van der Waals surface area contributed by atoms with Gasteiger partial charge in [-0.15, -0.1) is 0 Å². The Balaban J connectivity index is 1.84. The topological polar surface area (TPSA) is 18.5 Å². The van der Waals surface area contributed by atoms with Gasteiger partial charge in [-0.1, -0.05) is 25.1 Å². The molecule has 0 unspecified atom stereocenters. The molecule has 2 rings (SSSR count). The maximum absolute atomic E-state index is 5.73. The van der Waals surface area contributed by atoms with E-state index >= 15 is 0 Å².